The summed E-state index contributed by atoms with van der Waals surface area (Å²) in [4.78, 5) is 24.0. The molecule has 0 saturated heterocycles. The number of benzene rings is 2. The third-order valence-electron chi connectivity index (χ3n) is 4.52. The van der Waals surface area contributed by atoms with Gasteiger partial charge in [-0.25, -0.2) is 0 Å². The van der Waals surface area contributed by atoms with Gasteiger partial charge in [-0.15, -0.1) is 10.2 Å². The molecule has 0 bridgehead atoms. The highest BCUT2D eigenvalue weighted by Gasteiger charge is 2.20. The number of anilines is 1. The van der Waals surface area contributed by atoms with Crippen LogP contribution in [-0.2, 0) is 11.3 Å². The Balaban J connectivity index is 1.72. The van der Waals surface area contributed by atoms with Crippen molar-refractivity contribution >= 4 is 29.1 Å². The monoisotopic (exact) mass is 408 g/mol. The fourth-order valence-corrected chi connectivity index (χ4v) is 3.82. The van der Waals surface area contributed by atoms with E-state index in [4.69, 9.17) is 0 Å². The second-order valence-electron chi connectivity index (χ2n) is 6.80. The van der Waals surface area contributed by atoms with E-state index >= 15 is 0 Å². The van der Waals surface area contributed by atoms with Gasteiger partial charge in [0.15, 0.2) is 16.8 Å². The van der Waals surface area contributed by atoms with E-state index in [0.717, 1.165) is 17.0 Å². The SMILES string of the molecule is CCn1c(SC(C)C(=O)Nc2ccc(C(C)=O)cc2)nnc1-c1cccc(C)c1. The Labute approximate surface area is 174 Å². The van der Waals surface area contributed by atoms with Crippen LogP contribution in [-0.4, -0.2) is 31.7 Å². The molecule has 3 rings (SSSR count). The zero-order valence-corrected chi connectivity index (χ0v) is 17.8. The molecule has 1 N–H and O–H groups in total. The van der Waals surface area contributed by atoms with Crippen molar-refractivity contribution in [3.8, 4) is 11.4 Å². The Morgan fingerprint density at radius 2 is 1.86 bits per heavy atom. The number of nitrogens with zero attached hydrogens (tertiary/aromatic N) is 3. The van der Waals surface area contributed by atoms with Crippen molar-refractivity contribution in [2.75, 3.05) is 5.32 Å². The van der Waals surface area contributed by atoms with Gasteiger partial charge < -0.3 is 9.88 Å². The fourth-order valence-electron chi connectivity index (χ4n) is 2.90. The van der Waals surface area contributed by atoms with Crippen molar-refractivity contribution in [2.24, 2.45) is 0 Å². The Bertz CT molecular complexity index is 1030. The van der Waals surface area contributed by atoms with Gasteiger partial charge in [0.2, 0.25) is 5.91 Å². The van der Waals surface area contributed by atoms with Crippen LogP contribution in [0.2, 0.25) is 0 Å². The number of aromatic nitrogens is 3. The molecule has 0 aliphatic carbocycles. The third-order valence-corrected chi connectivity index (χ3v) is 5.60. The molecule has 0 aliphatic rings. The van der Waals surface area contributed by atoms with Crippen molar-refractivity contribution in [1.29, 1.82) is 0 Å². The highest BCUT2D eigenvalue weighted by molar-refractivity contribution is 8.00. The highest BCUT2D eigenvalue weighted by atomic mass is 32.2. The normalized spacial score (nSPS) is 11.9. The maximum Gasteiger partial charge on any atom is 0.237 e. The molecule has 29 heavy (non-hydrogen) atoms. The summed E-state index contributed by atoms with van der Waals surface area (Å²) in [5.74, 6) is 0.662. The average molecular weight is 409 g/mol. The minimum atomic E-state index is -0.359. The van der Waals surface area contributed by atoms with Crippen LogP contribution in [0.15, 0.2) is 53.7 Å². The standard InChI is InChI=1S/C22H24N4O2S/c1-5-26-20(18-8-6-7-14(2)13-18)24-25-22(26)29-16(4)21(28)23-19-11-9-17(10-12-19)15(3)27/h6-13,16H,5H2,1-4H3,(H,23,28). The van der Waals surface area contributed by atoms with Gasteiger partial charge in [0, 0.05) is 23.4 Å². The van der Waals surface area contributed by atoms with E-state index in [1.54, 1.807) is 24.3 Å². The van der Waals surface area contributed by atoms with Gasteiger partial charge in [-0.3, -0.25) is 9.59 Å². The second kappa shape index (κ2) is 9.05. The predicted molar refractivity (Wildman–Crippen MR) is 116 cm³/mol. The summed E-state index contributed by atoms with van der Waals surface area (Å²) in [5, 5.41) is 11.9. The van der Waals surface area contributed by atoms with E-state index in [-0.39, 0.29) is 16.9 Å². The molecule has 1 heterocycles. The summed E-state index contributed by atoms with van der Waals surface area (Å²) in [7, 11) is 0. The van der Waals surface area contributed by atoms with Crippen molar-refractivity contribution in [3.05, 3.63) is 59.7 Å². The first-order valence-corrected chi connectivity index (χ1v) is 10.4. The minimum Gasteiger partial charge on any atom is -0.325 e. The molecule has 1 amide bonds. The van der Waals surface area contributed by atoms with E-state index in [2.05, 4.69) is 21.6 Å². The molecular weight excluding hydrogens is 384 g/mol. The lowest BCUT2D eigenvalue weighted by Crippen LogP contribution is -2.23. The number of amides is 1. The topological polar surface area (TPSA) is 76.9 Å². The molecule has 1 atom stereocenters. The number of rotatable bonds is 7. The molecule has 2 aromatic carbocycles. The first-order valence-electron chi connectivity index (χ1n) is 9.47. The van der Waals surface area contributed by atoms with Gasteiger partial charge in [-0.1, -0.05) is 35.5 Å². The van der Waals surface area contributed by atoms with E-state index < -0.39 is 0 Å². The summed E-state index contributed by atoms with van der Waals surface area (Å²) in [6.45, 7) is 8.14. The maximum atomic E-state index is 12.6. The van der Waals surface area contributed by atoms with Gasteiger partial charge in [-0.2, -0.15) is 0 Å². The van der Waals surface area contributed by atoms with Gasteiger partial charge in [0.25, 0.3) is 0 Å². The van der Waals surface area contributed by atoms with Crippen LogP contribution in [0.3, 0.4) is 0 Å². The number of hydrogen-bond acceptors (Lipinski definition) is 5. The molecule has 0 aliphatic heterocycles. The molecule has 7 heteroatoms. The zero-order chi connectivity index (χ0) is 21.0. The number of hydrogen-bond donors (Lipinski definition) is 1. The lowest BCUT2D eigenvalue weighted by Gasteiger charge is -2.13. The minimum absolute atomic E-state index is 0.00452. The van der Waals surface area contributed by atoms with E-state index in [1.165, 1.54) is 18.7 Å². The Kier molecular flexibility index (Phi) is 6.49. The molecular formula is C22H24N4O2S. The molecule has 0 fully saturated rings. The van der Waals surface area contributed by atoms with Crippen molar-refractivity contribution in [3.63, 3.8) is 0 Å². The molecule has 150 valence electrons. The zero-order valence-electron chi connectivity index (χ0n) is 17.0. The third kappa shape index (κ3) is 4.92. The van der Waals surface area contributed by atoms with E-state index in [1.807, 2.05) is 43.5 Å². The summed E-state index contributed by atoms with van der Waals surface area (Å²) in [6, 6.07) is 15.0. The van der Waals surface area contributed by atoms with Crippen LogP contribution >= 0.6 is 11.8 Å². The number of nitrogens with one attached hydrogen (secondary N) is 1. The Morgan fingerprint density at radius 3 is 2.48 bits per heavy atom. The second-order valence-corrected chi connectivity index (χ2v) is 8.11. The predicted octanol–water partition coefficient (Wildman–Crippen LogP) is 4.60. The molecule has 0 spiro atoms. The number of Topliss-reactive ketones (excluding diaryl/α,β-unsaturated/α-hetero) is 1. The van der Waals surface area contributed by atoms with Crippen LogP contribution in [0.25, 0.3) is 11.4 Å². The number of carbonyl (C=O) groups is 2. The average Bonchev–Trinajstić information content (AvgIpc) is 3.10. The van der Waals surface area contributed by atoms with Gasteiger partial charge in [0.1, 0.15) is 0 Å². The molecule has 1 unspecified atom stereocenters. The first kappa shape index (κ1) is 20.8. The Hall–Kier alpha value is -2.93. The van der Waals surface area contributed by atoms with Gasteiger partial charge >= 0.3 is 0 Å². The van der Waals surface area contributed by atoms with Crippen molar-refractivity contribution in [2.45, 2.75) is 44.6 Å². The molecule has 1 aromatic heterocycles. The summed E-state index contributed by atoms with van der Waals surface area (Å²) < 4.78 is 2.02. The summed E-state index contributed by atoms with van der Waals surface area (Å²) >= 11 is 1.37. The summed E-state index contributed by atoms with van der Waals surface area (Å²) in [5.41, 5.74) is 3.44. The van der Waals surface area contributed by atoms with Crippen molar-refractivity contribution in [1.82, 2.24) is 14.8 Å². The smallest absolute Gasteiger partial charge is 0.237 e. The fraction of sp³-hybridized carbons (Fsp3) is 0.273. The molecule has 6 nitrogen and oxygen atoms in total. The molecule has 0 radical (unpaired) electrons. The molecule has 0 saturated carbocycles. The van der Waals surface area contributed by atoms with Crippen molar-refractivity contribution < 1.29 is 9.59 Å². The number of carbonyl (C=O) groups excluding carboxylic acids is 2. The summed E-state index contributed by atoms with van der Waals surface area (Å²) in [6.07, 6.45) is 0. The van der Waals surface area contributed by atoms with E-state index in [9.17, 15) is 9.59 Å². The number of thioether (sulfide) groups is 1. The van der Waals surface area contributed by atoms with Gasteiger partial charge in [-0.05, 0) is 58.0 Å². The van der Waals surface area contributed by atoms with Crippen LogP contribution in [0.5, 0.6) is 0 Å². The molecule has 3 aromatic rings. The highest BCUT2D eigenvalue weighted by Crippen LogP contribution is 2.27. The lowest BCUT2D eigenvalue weighted by molar-refractivity contribution is -0.115. The van der Waals surface area contributed by atoms with Crippen LogP contribution in [0.4, 0.5) is 5.69 Å². The van der Waals surface area contributed by atoms with E-state index in [0.29, 0.717) is 23.0 Å². The first-order chi connectivity index (χ1) is 13.9. The van der Waals surface area contributed by atoms with Crippen LogP contribution in [0, 0.1) is 6.92 Å². The van der Waals surface area contributed by atoms with Gasteiger partial charge in [0.05, 0.1) is 5.25 Å². The van der Waals surface area contributed by atoms with Crippen LogP contribution in [0.1, 0.15) is 36.7 Å². The van der Waals surface area contributed by atoms with Crippen LogP contribution < -0.4 is 5.32 Å². The lowest BCUT2D eigenvalue weighted by atomic mass is 10.1. The quantitative estimate of drug-likeness (QED) is 0.457. The number of ketones is 1. The Morgan fingerprint density at radius 1 is 1.14 bits per heavy atom. The number of aryl methyl sites for hydroxylation is 1. The maximum absolute atomic E-state index is 12.6. The largest absolute Gasteiger partial charge is 0.325 e.